The van der Waals surface area contributed by atoms with Gasteiger partial charge in [-0.25, -0.2) is 0 Å². The number of rotatable bonds is 7. The van der Waals surface area contributed by atoms with Crippen LogP contribution in [0.4, 0.5) is 5.69 Å². The van der Waals surface area contributed by atoms with Crippen molar-refractivity contribution < 1.29 is 14.2 Å². The average molecular weight is 399 g/mol. The smallest absolute Gasteiger partial charge is 0.120 e. The zero-order valence-corrected chi connectivity index (χ0v) is 18.3. The fourth-order valence-corrected chi connectivity index (χ4v) is 3.39. The zero-order valence-electron chi connectivity index (χ0n) is 18.3. The first-order valence-electron chi connectivity index (χ1n) is 10.5. The predicted molar refractivity (Wildman–Crippen MR) is 119 cm³/mol. The van der Waals surface area contributed by atoms with Crippen molar-refractivity contribution in [1.82, 2.24) is 5.32 Å². The van der Waals surface area contributed by atoms with E-state index < -0.39 is 0 Å². The number of ether oxygens (including phenoxy) is 3. The maximum atomic E-state index is 6.10. The van der Waals surface area contributed by atoms with Crippen LogP contribution in [0.1, 0.15) is 34.6 Å². The molecule has 0 spiro atoms. The number of nitrogens with one attached hydrogen (secondary N) is 1. The summed E-state index contributed by atoms with van der Waals surface area (Å²) in [6.45, 7) is 13.7. The maximum absolute atomic E-state index is 6.10. The highest BCUT2D eigenvalue weighted by Gasteiger charge is 2.23. The summed E-state index contributed by atoms with van der Waals surface area (Å²) < 4.78 is 17.7. The van der Waals surface area contributed by atoms with Crippen LogP contribution in [0, 0.1) is 0 Å². The Balaban J connectivity index is 1.60. The van der Waals surface area contributed by atoms with Crippen LogP contribution < -0.4 is 24.4 Å². The molecule has 2 aromatic carbocycles. The standard InChI is InChI=1S/C24H34N2O3/c1-18(2)28-22-8-6-19(7-9-22)26-15-14-25-16-20(26)17-27-21-10-12-23(13-11-21)29-24(3,4)5/h6-13,18,20,25H,14-17H2,1-5H3. The minimum absolute atomic E-state index is 0.182. The largest absolute Gasteiger partial charge is 0.491 e. The van der Waals surface area contributed by atoms with E-state index >= 15 is 0 Å². The number of anilines is 1. The van der Waals surface area contributed by atoms with E-state index in [4.69, 9.17) is 14.2 Å². The number of hydrogen-bond donors (Lipinski definition) is 1. The third kappa shape index (κ3) is 6.57. The van der Waals surface area contributed by atoms with Gasteiger partial charge in [0.1, 0.15) is 29.5 Å². The lowest BCUT2D eigenvalue weighted by Crippen LogP contribution is -2.54. The van der Waals surface area contributed by atoms with Gasteiger partial charge in [0.05, 0.1) is 12.1 Å². The van der Waals surface area contributed by atoms with Crippen molar-refractivity contribution in [3.63, 3.8) is 0 Å². The summed E-state index contributed by atoms with van der Waals surface area (Å²) in [7, 11) is 0. The monoisotopic (exact) mass is 398 g/mol. The highest BCUT2D eigenvalue weighted by molar-refractivity contribution is 5.50. The summed E-state index contributed by atoms with van der Waals surface area (Å²) in [4.78, 5) is 2.41. The van der Waals surface area contributed by atoms with Gasteiger partial charge in [-0.2, -0.15) is 0 Å². The van der Waals surface area contributed by atoms with Crippen molar-refractivity contribution in [3.05, 3.63) is 48.5 Å². The third-order valence-electron chi connectivity index (χ3n) is 4.58. The van der Waals surface area contributed by atoms with Crippen LogP contribution in [0.3, 0.4) is 0 Å². The molecule has 0 aliphatic carbocycles. The van der Waals surface area contributed by atoms with Gasteiger partial charge in [0, 0.05) is 25.3 Å². The number of nitrogens with zero attached hydrogens (tertiary/aromatic N) is 1. The number of benzene rings is 2. The predicted octanol–water partition coefficient (Wildman–Crippen LogP) is 4.51. The van der Waals surface area contributed by atoms with Gasteiger partial charge in [0.15, 0.2) is 0 Å². The molecule has 1 N–H and O–H groups in total. The van der Waals surface area contributed by atoms with Crippen LogP contribution in [0.15, 0.2) is 48.5 Å². The van der Waals surface area contributed by atoms with Crippen LogP contribution in [0.25, 0.3) is 0 Å². The van der Waals surface area contributed by atoms with Gasteiger partial charge in [-0.05, 0) is 83.1 Å². The summed E-state index contributed by atoms with van der Waals surface area (Å²) in [5.74, 6) is 2.62. The molecule has 0 radical (unpaired) electrons. The molecular weight excluding hydrogens is 364 g/mol. The van der Waals surface area contributed by atoms with Crippen molar-refractivity contribution in [2.24, 2.45) is 0 Å². The molecule has 1 fully saturated rings. The van der Waals surface area contributed by atoms with E-state index in [1.54, 1.807) is 0 Å². The van der Waals surface area contributed by atoms with Crippen LogP contribution in [-0.4, -0.2) is 44.0 Å². The molecule has 158 valence electrons. The van der Waals surface area contributed by atoms with Gasteiger partial charge in [-0.15, -0.1) is 0 Å². The summed E-state index contributed by atoms with van der Waals surface area (Å²) in [6.07, 6.45) is 0.182. The van der Waals surface area contributed by atoms with Gasteiger partial charge in [0.25, 0.3) is 0 Å². The molecule has 0 amide bonds. The van der Waals surface area contributed by atoms with E-state index in [-0.39, 0.29) is 17.7 Å². The van der Waals surface area contributed by atoms with E-state index in [2.05, 4.69) is 22.3 Å². The Kier molecular flexibility index (Phi) is 6.91. The Morgan fingerprint density at radius 1 is 0.966 bits per heavy atom. The summed E-state index contributed by atoms with van der Waals surface area (Å²) in [5, 5.41) is 3.48. The molecule has 1 unspecified atom stereocenters. The van der Waals surface area contributed by atoms with E-state index in [1.165, 1.54) is 5.69 Å². The van der Waals surface area contributed by atoms with Crippen molar-refractivity contribution in [3.8, 4) is 17.2 Å². The Morgan fingerprint density at radius 2 is 1.59 bits per heavy atom. The van der Waals surface area contributed by atoms with Crippen LogP contribution in [0.2, 0.25) is 0 Å². The summed E-state index contributed by atoms with van der Waals surface area (Å²) >= 11 is 0. The Labute approximate surface area is 175 Å². The van der Waals surface area contributed by atoms with Crippen molar-refractivity contribution in [1.29, 1.82) is 0 Å². The number of hydrogen-bond acceptors (Lipinski definition) is 5. The van der Waals surface area contributed by atoms with Crippen molar-refractivity contribution >= 4 is 5.69 Å². The molecule has 1 heterocycles. The molecule has 0 aromatic heterocycles. The lowest BCUT2D eigenvalue weighted by Gasteiger charge is -2.37. The molecule has 3 rings (SSSR count). The van der Waals surface area contributed by atoms with E-state index in [9.17, 15) is 0 Å². The van der Waals surface area contributed by atoms with Gasteiger partial charge in [-0.1, -0.05) is 0 Å². The Morgan fingerprint density at radius 3 is 2.21 bits per heavy atom. The maximum Gasteiger partial charge on any atom is 0.120 e. The molecule has 2 aromatic rings. The third-order valence-corrected chi connectivity index (χ3v) is 4.58. The molecule has 0 bridgehead atoms. The molecule has 1 aliphatic heterocycles. The molecule has 5 heteroatoms. The molecule has 1 saturated heterocycles. The molecule has 5 nitrogen and oxygen atoms in total. The SMILES string of the molecule is CC(C)Oc1ccc(N2CCNCC2COc2ccc(OC(C)(C)C)cc2)cc1. The van der Waals surface area contributed by atoms with E-state index in [0.717, 1.165) is 36.9 Å². The fraction of sp³-hybridized carbons (Fsp3) is 0.500. The minimum Gasteiger partial charge on any atom is -0.491 e. The van der Waals surface area contributed by atoms with Crippen LogP contribution in [-0.2, 0) is 0 Å². The van der Waals surface area contributed by atoms with Crippen LogP contribution in [0.5, 0.6) is 17.2 Å². The second-order valence-corrected chi connectivity index (χ2v) is 8.71. The minimum atomic E-state index is -0.202. The highest BCUT2D eigenvalue weighted by atomic mass is 16.5. The fourth-order valence-electron chi connectivity index (χ4n) is 3.39. The first kappa shape index (κ1) is 21.3. The quantitative estimate of drug-likeness (QED) is 0.743. The average Bonchev–Trinajstić information content (AvgIpc) is 2.67. The van der Waals surface area contributed by atoms with Crippen molar-refractivity contribution in [2.45, 2.75) is 52.4 Å². The summed E-state index contributed by atoms with van der Waals surface area (Å²) in [6, 6.07) is 16.5. The molecule has 0 saturated carbocycles. The number of piperazine rings is 1. The van der Waals surface area contributed by atoms with Gasteiger partial charge in [0.2, 0.25) is 0 Å². The lowest BCUT2D eigenvalue weighted by molar-refractivity contribution is 0.130. The van der Waals surface area contributed by atoms with E-state index in [1.807, 2.05) is 71.0 Å². The van der Waals surface area contributed by atoms with E-state index in [0.29, 0.717) is 6.61 Å². The van der Waals surface area contributed by atoms with Crippen molar-refractivity contribution in [2.75, 3.05) is 31.1 Å². The van der Waals surface area contributed by atoms with Crippen LogP contribution >= 0.6 is 0 Å². The van der Waals surface area contributed by atoms with Gasteiger partial charge < -0.3 is 24.4 Å². The topological polar surface area (TPSA) is 43.0 Å². The second kappa shape index (κ2) is 9.40. The van der Waals surface area contributed by atoms with Gasteiger partial charge in [-0.3, -0.25) is 0 Å². The lowest BCUT2D eigenvalue weighted by atomic mass is 10.1. The first-order chi connectivity index (χ1) is 13.8. The zero-order chi connectivity index (χ0) is 20.9. The molecule has 1 atom stereocenters. The second-order valence-electron chi connectivity index (χ2n) is 8.71. The highest BCUT2D eigenvalue weighted by Crippen LogP contribution is 2.25. The molecule has 29 heavy (non-hydrogen) atoms. The molecule has 1 aliphatic rings. The summed E-state index contributed by atoms with van der Waals surface area (Å²) in [5.41, 5.74) is 0.997. The normalized spacial score (nSPS) is 17.3. The Bertz CT molecular complexity index is 751. The van der Waals surface area contributed by atoms with Gasteiger partial charge >= 0.3 is 0 Å². The Hall–Kier alpha value is -2.40. The first-order valence-corrected chi connectivity index (χ1v) is 10.5. The molecular formula is C24H34N2O3.